The van der Waals surface area contributed by atoms with Gasteiger partial charge in [0.05, 0.1) is 11.5 Å². The van der Waals surface area contributed by atoms with Crippen molar-refractivity contribution in [2.45, 2.75) is 52.5 Å². The smallest absolute Gasteiger partial charge is 0.312 e. The van der Waals surface area contributed by atoms with Crippen molar-refractivity contribution in [2.75, 3.05) is 18.5 Å². The van der Waals surface area contributed by atoms with Gasteiger partial charge in [-0.15, -0.1) is 0 Å². The molecule has 1 heterocycles. The summed E-state index contributed by atoms with van der Waals surface area (Å²) in [6.45, 7) is 6.59. The molecular weight excluding hydrogens is 324 g/mol. The summed E-state index contributed by atoms with van der Waals surface area (Å²) in [4.78, 5) is 27.6. The molecule has 8 nitrogen and oxygen atoms in total. The second-order valence-electron chi connectivity index (χ2n) is 6.36. The zero-order valence-corrected chi connectivity index (χ0v) is 15.0. The topological polar surface area (TPSA) is 106 Å². The summed E-state index contributed by atoms with van der Waals surface area (Å²) in [5.41, 5.74) is -0.124. The minimum Gasteiger partial charge on any atom is -0.477 e. The number of ether oxygens (including phenoxy) is 1. The van der Waals surface area contributed by atoms with E-state index in [-0.39, 0.29) is 34.9 Å². The Kier molecular flexibility index (Phi) is 6.55. The molecule has 0 aliphatic heterocycles. The lowest BCUT2D eigenvalue weighted by Crippen LogP contribution is -2.37. The molecule has 0 radical (unpaired) electrons. The predicted octanol–water partition coefficient (Wildman–Crippen LogP) is 3.13. The number of rotatable bonds is 7. The van der Waals surface area contributed by atoms with Gasteiger partial charge in [0.1, 0.15) is 5.56 Å². The SMILES string of the molecule is CCNc1nc(OCC)c(C(=O)N[C@H]2CC[C@H](C)CC2)cc1[N+](=O)[O-]. The van der Waals surface area contributed by atoms with Gasteiger partial charge in [0.2, 0.25) is 11.7 Å². The van der Waals surface area contributed by atoms with Crippen LogP contribution in [0.1, 0.15) is 56.8 Å². The van der Waals surface area contributed by atoms with Gasteiger partial charge < -0.3 is 15.4 Å². The average molecular weight is 350 g/mol. The summed E-state index contributed by atoms with van der Waals surface area (Å²) in [5.74, 6) is 0.528. The van der Waals surface area contributed by atoms with E-state index in [0.717, 1.165) is 25.7 Å². The van der Waals surface area contributed by atoms with Gasteiger partial charge in [-0.25, -0.2) is 0 Å². The molecule has 0 bridgehead atoms. The van der Waals surface area contributed by atoms with Crippen molar-refractivity contribution in [2.24, 2.45) is 5.92 Å². The molecule has 0 atom stereocenters. The fourth-order valence-electron chi connectivity index (χ4n) is 3.00. The maximum atomic E-state index is 12.7. The molecular formula is C17H26N4O4. The number of nitro groups is 1. The molecule has 8 heteroatoms. The van der Waals surface area contributed by atoms with Gasteiger partial charge in [-0.2, -0.15) is 4.98 Å². The minimum atomic E-state index is -0.542. The highest BCUT2D eigenvalue weighted by Crippen LogP contribution is 2.30. The Bertz CT molecular complexity index is 627. The molecule has 0 aromatic carbocycles. The lowest BCUT2D eigenvalue weighted by Gasteiger charge is -2.27. The summed E-state index contributed by atoms with van der Waals surface area (Å²) < 4.78 is 5.45. The van der Waals surface area contributed by atoms with E-state index in [2.05, 4.69) is 22.5 Å². The van der Waals surface area contributed by atoms with Crippen molar-refractivity contribution < 1.29 is 14.5 Å². The van der Waals surface area contributed by atoms with E-state index in [1.807, 2.05) is 6.92 Å². The Morgan fingerprint density at radius 3 is 2.60 bits per heavy atom. The number of carbonyl (C=O) groups excluding carboxylic acids is 1. The highest BCUT2D eigenvalue weighted by atomic mass is 16.6. The third-order valence-corrected chi connectivity index (χ3v) is 4.39. The van der Waals surface area contributed by atoms with E-state index in [1.165, 1.54) is 6.07 Å². The van der Waals surface area contributed by atoms with Gasteiger partial charge in [0.15, 0.2) is 0 Å². The molecule has 1 aromatic heterocycles. The highest BCUT2D eigenvalue weighted by Gasteiger charge is 2.27. The molecule has 0 saturated heterocycles. The number of carbonyl (C=O) groups is 1. The van der Waals surface area contributed by atoms with E-state index < -0.39 is 4.92 Å². The van der Waals surface area contributed by atoms with Gasteiger partial charge in [0.25, 0.3) is 5.91 Å². The molecule has 0 spiro atoms. The maximum Gasteiger partial charge on any atom is 0.312 e. The third-order valence-electron chi connectivity index (χ3n) is 4.39. The number of amides is 1. The number of hydrogen-bond donors (Lipinski definition) is 2. The van der Waals surface area contributed by atoms with Crippen molar-refractivity contribution >= 4 is 17.4 Å². The quantitative estimate of drug-likeness (QED) is 0.578. The number of pyridine rings is 1. The van der Waals surface area contributed by atoms with Crippen LogP contribution < -0.4 is 15.4 Å². The van der Waals surface area contributed by atoms with Crippen LogP contribution in [0.15, 0.2) is 6.07 Å². The zero-order chi connectivity index (χ0) is 18.4. The Balaban J connectivity index is 2.28. The largest absolute Gasteiger partial charge is 0.477 e. The molecule has 1 amide bonds. The predicted molar refractivity (Wildman–Crippen MR) is 95.1 cm³/mol. The highest BCUT2D eigenvalue weighted by molar-refractivity contribution is 5.97. The van der Waals surface area contributed by atoms with E-state index in [0.29, 0.717) is 19.1 Å². The number of nitrogens with zero attached hydrogens (tertiary/aromatic N) is 2. The molecule has 25 heavy (non-hydrogen) atoms. The van der Waals surface area contributed by atoms with E-state index in [9.17, 15) is 14.9 Å². The summed E-state index contributed by atoms with van der Waals surface area (Å²) in [5, 5.41) is 17.1. The first-order valence-electron chi connectivity index (χ1n) is 8.83. The molecule has 1 fully saturated rings. The maximum absolute atomic E-state index is 12.7. The first kappa shape index (κ1) is 19.0. The molecule has 1 aliphatic rings. The summed E-state index contributed by atoms with van der Waals surface area (Å²) in [6.07, 6.45) is 3.98. The number of aromatic nitrogens is 1. The van der Waals surface area contributed by atoms with Crippen LogP contribution in [-0.4, -0.2) is 35.0 Å². The van der Waals surface area contributed by atoms with Gasteiger partial charge in [-0.05, 0) is 45.4 Å². The van der Waals surface area contributed by atoms with Gasteiger partial charge in [-0.3, -0.25) is 14.9 Å². The minimum absolute atomic E-state index is 0.0886. The first-order valence-corrected chi connectivity index (χ1v) is 8.83. The van der Waals surface area contributed by atoms with Crippen LogP contribution in [0.3, 0.4) is 0 Å². The van der Waals surface area contributed by atoms with Gasteiger partial charge >= 0.3 is 5.69 Å². The van der Waals surface area contributed by atoms with Crippen LogP contribution in [-0.2, 0) is 0 Å². The van der Waals surface area contributed by atoms with E-state index in [4.69, 9.17) is 4.74 Å². The number of hydrogen-bond acceptors (Lipinski definition) is 6. The average Bonchev–Trinajstić information content (AvgIpc) is 2.57. The second kappa shape index (κ2) is 8.64. The number of nitrogens with one attached hydrogen (secondary N) is 2. The molecule has 1 saturated carbocycles. The summed E-state index contributed by atoms with van der Waals surface area (Å²) in [7, 11) is 0. The first-order chi connectivity index (χ1) is 12.0. The van der Waals surface area contributed by atoms with Crippen LogP contribution in [0, 0.1) is 16.0 Å². The standard InChI is InChI=1S/C17H26N4O4/c1-4-18-15-14(21(23)24)10-13(17(20-15)25-5-2)16(22)19-12-8-6-11(3)7-9-12/h10-12H,4-9H2,1-3H3,(H,18,20)(H,19,22)/t11-,12-. The number of anilines is 1. The third kappa shape index (κ3) is 4.80. The molecule has 1 aromatic rings. The summed E-state index contributed by atoms with van der Waals surface area (Å²) >= 11 is 0. The molecule has 2 N–H and O–H groups in total. The van der Waals surface area contributed by atoms with Gasteiger partial charge in [0, 0.05) is 18.7 Å². The molecule has 138 valence electrons. The Labute approximate surface area is 147 Å². The molecule has 1 aliphatic carbocycles. The van der Waals surface area contributed by atoms with Crippen LogP contribution in [0.4, 0.5) is 11.5 Å². The molecule has 2 rings (SSSR count). The van der Waals surface area contributed by atoms with Gasteiger partial charge in [-0.1, -0.05) is 6.92 Å². The van der Waals surface area contributed by atoms with Crippen molar-refractivity contribution in [3.05, 3.63) is 21.7 Å². The van der Waals surface area contributed by atoms with Crippen molar-refractivity contribution in [1.82, 2.24) is 10.3 Å². The van der Waals surface area contributed by atoms with E-state index in [1.54, 1.807) is 6.92 Å². The normalized spacial score (nSPS) is 20.0. The van der Waals surface area contributed by atoms with Crippen LogP contribution >= 0.6 is 0 Å². The monoisotopic (exact) mass is 350 g/mol. The van der Waals surface area contributed by atoms with Crippen LogP contribution in [0.2, 0.25) is 0 Å². The van der Waals surface area contributed by atoms with E-state index >= 15 is 0 Å². The second-order valence-corrected chi connectivity index (χ2v) is 6.36. The van der Waals surface area contributed by atoms with Crippen LogP contribution in [0.5, 0.6) is 5.88 Å². The Morgan fingerprint density at radius 2 is 2.04 bits per heavy atom. The fraction of sp³-hybridized carbons (Fsp3) is 0.647. The van der Waals surface area contributed by atoms with Crippen LogP contribution in [0.25, 0.3) is 0 Å². The lowest BCUT2D eigenvalue weighted by atomic mass is 9.87. The molecule has 0 unspecified atom stereocenters. The van der Waals surface area contributed by atoms with Crippen molar-refractivity contribution in [3.8, 4) is 5.88 Å². The Morgan fingerprint density at radius 1 is 1.36 bits per heavy atom. The fourth-order valence-corrected chi connectivity index (χ4v) is 3.00. The summed E-state index contributed by atoms with van der Waals surface area (Å²) in [6, 6.07) is 1.34. The Hall–Kier alpha value is -2.38. The van der Waals surface area contributed by atoms with Crippen molar-refractivity contribution in [3.63, 3.8) is 0 Å². The van der Waals surface area contributed by atoms with Crippen molar-refractivity contribution in [1.29, 1.82) is 0 Å². The lowest BCUT2D eigenvalue weighted by molar-refractivity contribution is -0.384. The zero-order valence-electron chi connectivity index (χ0n) is 15.0.